The number of halogens is 1. The third kappa shape index (κ3) is 2.97. The molecule has 3 atom stereocenters. The summed E-state index contributed by atoms with van der Waals surface area (Å²) in [5.41, 5.74) is 0.824. The molecular formula is C19H34IN3O. The van der Waals surface area contributed by atoms with Crippen molar-refractivity contribution in [2.24, 2.45) is 21.7 Å². The Labute approximate surface area is 164 Å². The monoisotopic (exact) mass is 447 g/mol. The van der Waals surface area contributed by atoms with Gasteiger partial charge in [0.25, 0.3) is 0 Å². The number of aliphatic imine (C=N–C) groups is 1. The van der Waals surface area contributed by atoms with Gasteiger partial charge in [0.15, 0.2) is 5.96 Å². The number of likely N-dealkylation sites (tertiary alicyclic amines) is 1. The van der Waals surface area contributed by atoms with Crippen molar-refractivity contribution in [3.63, 3.8) is 0 Å². The Morgan fingerprint density at radius 1 is 1.25 bits per heavy atom. The molecule has 4 fully saturated rings. The summed E-state index contributed by atoms with van der Waals surface area (Å²) in [5.74, 6) is 1.88. The average molecular weight is 447 g/mol. The summed E-state index contributed by atoms with van der Waals surface area (Å²) in [6.07, 6.45) is 8.47. The van der Waals surface area contributed by atoms with Crippen LogP contribution in [0, 0.1) is 16.7 Å². The van der Waals surface area contributed by atoms with Gasteiger partial charge in [0.1, 0.15) is 0 Å². The van der Waals surface area contributed by atoms with Crippen LogP contribution in [-0.4, -0.2) is 49.2 Å². The molecule has 2 heterocycles. The number of guanidine groups is 1. The van der Waals surface area contributed by atoms with Gasteiger partial charge in [-0.2, -0.15) is 0 Å². The van der Waals surface area contributed by atoms with Gasteiger partial charge in [-0.15, -0.1) is 24.0 Å². The normalized spacial score (nSPS) is 36.4. The number of hydrogen-bond acceptors (Lipinski definition) is 2. The first-order chi connectivity index (χ1) is 11.1. The highest BCUT2D eigenvalue weighted by Gasteiger charge is 2.65. The first kappa shape index (κ1) is 18.7. The number of ether oxygens (including phenoxy) is 1. The van der Waals surface area contributed by atoms with E-state index in [0.29, 0.717) is 28.9 Å². The molecule has 0 radical (unpaired) electrons. The predicted molar refractivity (Wildman–Crippen MR) is 109 cm³/mol. The summed E-state index contributed by atoms with van der Waals surface area (Å²) in [4.78, 5) is 7.35. The van der Waals surface area contributed by atoms with E-state index in [0.717, 1.165) is 26.2 Å². The van der Waals surface area contributed by atoms with Crippen LogP contribution in [0.25, 0.3) is 0 Å². The Morgan fingerprint density at radius 3 is 2.62 bits per heavy atom. The summed E-state index contributed by atoms with van der Waals surface area (Å²) < 4.78 is 6.13. The lowest BCUT2D eigenvalue weighted by Crippen LogP contribution is -2.69. The second-order valence-electron chi connectivity index (χ2n) is 8.94. The molecule has 4 rings (SSSR count). The minimum Gasteiger partial charge on any atom is -0.377 e. The molecule has 2 aliphatic heterocycles. The Hall–Kier alpha value is -0.0400. The minimum absolute atomic E-state index is 0. The summed E-state index contributed by atoms with van der Waals surface area (Å²) >= 11 is 0. The van der Waals surface area contributed by atoms with Crippen molar-refractivity contribution in [3.8, 4) is 0 Å². The molecule has 0 amide bonds. The fourth-order valence-corrected chi connectivity index (χ4v) is 5.72. The van der Waals surface area contributed by atoms with Crippen molar-refractivity contribution in [3.05, 3.63) is 0 Å². The van der Waals surface area contributed by atoms with Crippen molar-refractivity contribution < 1.29 is 4.74 Å². The zero-order chi connectivity index (χ0) is 16.1. The molecule has 138 valence electrons. The highest BCUT2D eigenvalue weighted by molar-refractivity contribution is 14.0. The molecule has 4 aliphatic rings. The maximum Gasteiger partial charge on any atom is 0.194 e. The second-order valence-corrected chi connectivity index (χ2v) is 8.94. The molecule has 0 bridgehead atoms. The molecule has 0 aromatic rings. The van der Waals surface area contributed by atoms with Gasteiger partial charge >= 0.3 is 0 Å². The molecular weight excluding hydrogens is 413 g/mol. The van der Waals surface area contributed by atoms with Crippen molar-refractivity contribution in [1.82, 2.24) is 10.2 Å². The molecule has 5 heteroatoms. The quantitative estimate of drug-likeness (QED) is 0.399. The second kappa shape index (κ2) is 6.93. The Kier molecular flexibility index (Phi) is 5.41. The first-order valence-corrected chi connectivity index (χ1v) is 9.73. The molecule has 24 heavy (non-hydrogen) atoms. The molecule has 1 N–H and O–H groups in total. The van der Waals surface area contributed by atoms with Crippen LogP contribution in [0.2, 0.25) is 0 Å². The molecule has 1 spiro atoms. The van der Waals surface area contributed by atoms with Gasteiger partial charge in [0.05, 0.1) is 6.10 Å². The maximum atomic E-state index is 6.13. The molecule has 4 nitrogen and oxygen atoms in total. The van der Waals surface area contributed by atoms with E-state index in [4.69, 9.17) is 9.73 Å². The Balaban J connectivity index is 0.00000169. The van der Waals surface area contributed by atoms with Gasteiger partial charge in [-0.05, 0) is 38.0 Å². The van der Waals surface area contributed by atoms with Crippen LogP contribution in [0.5, 0.6) is 0 Å². The SMILES string of the molecule is CCN=C(NC1C2CCOC2C12CCCC2)N1CCC(C)(C)C1.I. The van der Waals surface area contributed by atoms with E-state index in [1.807, 2.05) is 0 Å². The van der Waals surface area contributed by atoms with E-state index in [2.05, 4.69) is 31.0 Å². The average Bonchev–Trinajstić information content (AvgIpc) is 3.21. The van der Waals surface area contributed by atoms with Crippen LogP contribution in [0.1, 0.15) is 59.3 Å². The van der Waals surface area contributed by atoms with Gasteiger partial charge < -0.3 is 15.0 Å². The minimum atomic E-state index is 0. The van der Waals surface area contributed by atoms with Gasteiger partial charge in [-0.25, -0.2) is 0 Å². The van der Waals surface area contributed by atoms with Crippen LogP contribution < -0.4 is 5.32 Å². The third-order valence-electron chi connectivity index (χ3n) is 6.86. The van der Waals surface area contributed by atoms with Crippen LogP contribution in [0.4, 0.5) is 0 Å². The van der Waals surface area contributed by atoms with E-state index in [1.165, 1.54) is 44.5 Å². The molecule has 0 aromatic heterocycles. The van der Waals surface area contributed by atoms with Gasteiger partial charge in [-0.1, -0.05) is 26.7 Å². The predicted octanol–water partition coefficient (Wildman–Crippen LogP) is 3.65. The zero-order valence-corrected chi connectivity index (χ0v) is 17.8. The van der Waals surface area contributed by atoms with Crippen LogP contribution in [0.3, 0.4) is 0 Å². The lowest BCUT2D eigenvalue weighted by atomic mass is 9.54. The lowest BCUT2D eigenvalue weighted by Gasteiger charge is -2.57. The van der Waals surface area contributed by atoms with Crippen molar-refractivity contribution >= 4 is 29.9 Å². The standard InChI is InChI=1S/C19H33N3O.HI/c1-4-20-17(22-11-10-18(2,3)13-22)21-15-14-7-12-23-16(14)19(15)8-5-6-9-19;/h14-16H,4-13H2,1-3H3,(H,20,21);1H. The molecule has 3 unspecified atom stereocenters. The first-order valence-electron chi connectivity index (χ1n) is 9.73. The summed E-state index contributed by atoms with van der Waals surface area (Å²) in [7, 11) is 0. The number of fused-ring (bicyclic) bond motifs is 2. The fourth-order valence-electron chi connectivity index (χ4n) is 5.72. The van der Waals surface area contributed by atoms with Gasteiger partial charge in [0, 0.05) is 43.6 Å². The number of rotatable bonds is 2. The number of hydrogen-bond donors (Lipinski definition) is 1. The summed E-state index contributed by atoms with van der Waals surface area (Å²) in [5, 5.41) is 3.93. The smallest absolute Gasteiger partial charge is 0.194 e. The van der Waals surface area contributed by atoms with Crippen LogP contribution >= 0.6 is 24.0 Å². The molecule has 2 aliphatic carbocycles. The molecule has 2 saturated carbocycles. The Morgan fingerprint density at radius 2 is 2.00 bits per heavy atom. The highest BCUT2D eigenvalue weighted by Crippen LogP contribution is 2.60. The highest BCUT2D eigenvalue weighted by atomic mass is 127. The Bertz CT molecular complexity index is 487. The van der Waals surface area contributed by atoms with E-state index >= 15 is 0 Å². The van der Waals surface area contributed by atoms with E-state index in [9.17, 15) is 0 Å². The molecule has 2 saturated heterocycles. The van der Waals surface area contributed by atoms with Gasteiger partial charge in [-0.3, -0.25) is 4.99 Å². The van der Waals surface area contributed by atoms with E-state index < -0.39 is 0 Å². The maximum absolute atomic E-state index is 6.13. The summed E-state index contributed by atoms with van der Waals surface area (Å²) in [6, 6.07) is 0.589. The fraction of sp³-hybridized carbons (Fsp3) is 0.947. The van der Waals surface area contributed by atoms with E-state index in [1.54, 1.807) is 0 Å². The zero-order valence-electron chi connectivity index (χ0n) is 15.5. The number of nitrogens with zero attached hydrogens (tertiary/aromatic N) is 2. The largest absolute Gasteiger partial charge is 0.377 e. The van der Waals surface area contributed by atoms with Crippen molar-refractivity contribution in [2.75, 3.05) is 26.2 Å². The van der Waals surface area contributed by atoms with Crippen molar-refractivity contribution in [1.29, 1.82) is 0 Å². The number of nitrogens with one attached hydrogen (secondary N) is 1. The third-order valence-corrected chi connectivity index (χ3v) is 6.86. The van der Waals surface area contributed by atoms with E-state index in [-0.39, 0.29) is 24.0 Å². The molecule has 0 aromatic carbocycles. The topological polar surface area (TPSA) is 36.9 Å². The summed E-state index contributed by atoms with van der Waals surface area (Å²) in [6.45, 7) is 11.0. The van der Waals surface area contributed by atoms with Crippen LogP contribution in [0.15, 0.2) is 4.99 Å². The van der Waals surface area contributed by atoms with Gasteiger partial charge in [0.2, 0.25) is 0 Å². The lowest BCUT2D eigenvalue weighted by molar-refractivity contribution is -0.125. The van der Waals surface area contributed by atoms with Crippen LogP contribution in [-0.2, 0) is 4.74 Å². The van der Waals surface area contributed by atoms with Crippen molar-refractivity contribution in [2.45, 2.75) is 71.4 Å².